The molecule has 0 aliphatic carbocycles. The molecular weight excluding hydrogens is 358 g/mol. The van der Waals surface area contributed by atoms with E-state index < -0.39 is 10.0 Å². The first-order valence-corrected chi connectivity index (χ1v) is 10.3. The van der Waals surface area contributed by atoms with Crippen molar-refractivity contribution in [1.29, 1.82) is 0 Å². The van der Waals surface area contributed by atoms with Crippen LogP contribution in [-0.2, 0) is 10.0 Å². The molecule has 1 fully saturated rings. The highest BCUT2D eigenvalue weighted by Gasteiger charge is 2.32. The number of anilines is 1. The van der Waals surface area contributed by atoms with Crippen molar-refractivity contribution in [3.63, 3.8) is 0 Å². The van der Waals surface area contributed by atoms with Crippen LogP contribution in [0.1, 0.15) is 20.1 Å². The average molecular weight is 380 g/mol. The van der Waals surface area contributed by atoms with Crippen molar-refractivity contribution < 1.29 is 13.2 Å². The van der Waals surface area contributed by atoms with Crippen LogP contribution in [0.15, 0.2) is 35.2 Å². The third-order valence-electron chi connectivity index (χ3n) is 4.27. The van der Waals surface area contributed by atoms with Gasteiger partial charge in [0.2, 0.25) is 10.0 Å². The van der Waals surface area contributed by atoms with E-state index in [9.17, 15) is 13.2 Å². The van der Waals surface area contributed by atoms with Crippen molar-refractivity contribution in [3.05, 3.63) is 45.6 Å². The summed E-state index contributed by atoms with van der Waals surface area (Å²) in [5.74, 6) is -0.119. The Morgan fingerprint density at radius 3 is 2.36 bits per heavy atom. The van der Waals surface area contributed by atoms with Gasteiger partial charge in [-0.2, -0.15) is 4.31 Å². The van der Waals surface area contributed by atoms with Crippen LogP contribution in [0.25, 0.3) is 0 Å². The van der Waals surface area contributed by atoms with Gasteiger partial charge in [0.25, 0.3) is 5.91 Å². The van der Waals surface area contributed by atoms with Crippen molar-refractivity contribution >= 4 is 33.0 Å². The second-order valence-electron chi connectivity index (χ2n) is 6.10. The summed E-state index contributed by atoms with van der Waals surface area (Å²) in [5, 5.41) is 0. The third-order valence-corrected chi connectivity index (χ3v) is 7.39. The van der Waals surface area contributed by atoms with E-state index in [1.807, 2.05) is 13.8 Å². The molecule has 0 unspecified atom stereocenters. The van der Waals surface area contributed by atoms with E-state index in [0.717, 1.165) is 9.75 Å². The molecule has 1 aromatic heterocycles. The minimum Gasteiger partial charge on any atom is -0.399 e. The molecule has 2 heterocycles. The summed E-state index contributed by atoms with van der Waals surface area (Å²) in [6.45, 7) is 5.06. The van der Waals surface area contributed by atoms with Gasteiger partial charge < -0.3 is 10.6 Å². The van der Waals surface area contributed by atoms with Crippen LogP contribution >= 0.6 is 11.3 Å². The summed E-state index contributed by atoms with van der Waals surface area (Å²) in [4.78, 5) is 16.4. The maximum Gasteiger partial charge on any atom is 0.254 e. The number of amides is 1. The van der Waals surface area contributed by atoms with Gasteiger partial charge in [0, 0.05) is 47.2 Å². The first-order chi connectivity index (χ1) is 11.8. The smallest absolute Gasteiger partial charge is 0.254 e. The highest BCUT2D eigenvalue weighted by atomic mass is 32.2. The Hall–Kier alpha value is -1.90. The molecule has 0 radical (unpaired) electrons. The Labute approximate surface area is 151 Å². The summed E-state index contributed by atoms with van der Waals surface area (Å²) in [6.07, 6.45) is 0. The molecule has 1 aromatic carbocycles. The van der Waals surface area contributed by atoms with Crippen LogP contribution in [0.4, 0.5) is 5.69 Å². The molecule has 6 nitrogen and oxygen atoms in total. The van der Waals surface area contributed by atoms with Crippen molar-refractivity contribution in [2.24, 2.45) is 0 Å². The van der Waals surface area contributed by atoms with Crippen molar-refractivity contribution in [3.8, 4) is 0 Å². The van der Waals surface area contributed by atoms with Gasteiger partial charge >= 0.3 is 0 Å². The van der Waals surface area contributed by atoms with Gasteiger partial charge in [-0.1, -0.05) is 6.07 Å². The zero-order valence-electron chi connectivity index (χ0n) is 14.2. The fourth-order valence-corrected chi connectivity index (χ4v) is 5.93. The lowest BCUT2D eigenvalue weighted by Crippen LogP contribution is -2.50. The molecule has 1 aliphatic heterocycles. The summed E-state index contributed by atoms with van der Waals surface area (Å²) in [5.41, 5.74) is 6.79. The van der Waals surface area contributed by atoms with Gasteiger partial charge in [0.1, 0.15) is 0 Å². The Kier molecular flexibility index (Phi) is 4.86. The van der Waals surface area contributed by atoms with E-state index in [2.05, 4.69) is 0 Å². The lowest BCUT2D eigenvalue weighted by molar-refractivity contribution is 0.0698. The highest BCUT2D eigenvalue weighted by Crippen LogP contribution is 2.28. The van der Waals surface area contributed by atoms with E-state index in [0.29, 0.717) is 42.3 Å². The van der Waals surface area contributed by atoms with E-state index in [4.69, 9.17) is 5.73 Å². The summed E-state index contributed by atoms with van der Waals surface area (Å²) in [7, 11) is -3.51. The summed E-state index contributed by atoms with van der Waals surface area (Å²) >= 11 is 1.48. The molecule has 8 heteroatoms. The molecule has 0 atom stereocenters. The fraction of sp³-hybridized carbons (Fsp3) is 0.353. The van der Waals surface area contributed by atoms with Gasteiger partial charge in [-0.15, -0.1) is 11.3 Å². The Morgan fingerprint density at radius 1 is 1.12 bits per heavy atom. The number of nitrogen functional groups attached to an aromatic ring is 1. The quantitative estimate of drug-likeness (QED) is 0.828. The maximum atomic E-state index is 12.8. The van der Waals surface area contributed by atoms with Gasteiger partial charge in [0.05, 0.1) is 4.90 Å². The SMILES string of the molecule is Cc1cc(S(=O)(=O)N2CCN(C(=O)c3cccc(N)c3)CC2)c(C)s1. The van der Waals surface area contributed by atoms with Crippen LogP contribution in [0.5, 0.6) is 0 Å². The van der Waals surface area contributed by atoms with Crippen LogP contribution in [-0.4, -0.2) is 49.7 Å². The zero-order chi connectivity index (χ0) is 18.2. The van der Waals surface area contributed by atoms with E-state index >= 15 is 0 Å². The predicted octanol–water partition coefficient (Wildman–Crippen LogP) is 2.09. The first kappa shape index (κ1) is 17.9. The van der Waals surface area contributed by atoms with Crippen molar-refractivity contribution in [1.82, 2.24) is 9.21 Å². The lowest BCUT2D eigenvalue weighted by Gasteiger charge is -2.34. The van der Waals surface area contributed by atoms with Crippen LogP contribution < -0.4 is 5.73 Å². The second kappa shape index (κ2) is 6.78. The number of nitrogens with zero attached hydrogens (tertiary/aromatic N) is 2. The fourth-order valence-electron chi connectivity index (χ4n) is 2.99. The number of benzene rings is 1. The molecule has 0 spiro atoms. The molecule has 3 rings (SSSR count). The van der Waals surface area contributed by atoms with Crippen LogP contribution in [0.2, 0.25) is 0 Å². The van der Waals surface area contributed by atoms with Gasteiger partial charge in [-0.25, -0.2) is 8.42 Å². The minimum absolute atomic E-state index is 0.119. The molecule has 134 valence electrons. The number of aryl methyl sites for hydroxylation is 2. The molecule has 0 saturated carbocycles. The third kappa shape index (κ3) is 3.56. The largest absolute Gasteiger partial charge is 0.399 e. The van der Waals surface area contributed by atoms with Gasteiger partial charge in [-0.3, -0.25) is 4.79 Å². The number of nitrogens with two attached hydrogens (primary N) is 1. The molecule has 1 saturated heterocycles. The number of carbonyl (C=O) groups excluding carboxylic acids is 1. The normalized spacial score (nSPS) is 16.2. The second-order valence-corrected chi connectivity index (χ2v) is 9.47. The van der Waals surface area contributed by atoms with E-state index in [1.165, 1.54) is 15.6 Å². The average Bonchev–Trinajstić information content (AvgIpc) is 2.93. The van der Waals surface area contributed by atoms with E-state index in [1.54, 1.807) is 35.2 Å². The van der Waals surface area contributed by atoms with Crippen LogP contribution in [0, 0.1) is 13.8 Å². The molecule has 25 heavy (non-hydrogen) atoms. The van der Waals surface area contributed by atoms with E-state index in [-0.39, 0.29) is 5.91 Å². The number of carbonyl (C=O) groups is 1. The van der Waals surface area contributed by atoms with Crippen molar-refractivity contribution in [2.45, 2.75) is 18.7 Å². The standard InChI is InChI=1S/C17H21N3O3S2/c1-12-10-16(13(2)24-12)25(22,23)20-8-6-19(7-9-20)17(21)14-4-3-5-15(18)11-14/h3-5,10-11H,6-9,18H2,1-2H3. The molecule has 1 aliphatic rings. The maximum absolute atomic E-state index is 12.8. The van der Waals surface area contributed by atoms with Crippen LogP contribution in [0.3, 0.4) is 0 Å². The molecule has 1 amide bonds. The number of hydrogen-bond donors (Lipinski definition) is 1. The topological polar surface area (TPSA) is 83.7 Å². The number of rotatable bonds is 3. The summed E-state index contributed by atoms with van der Waals surface area (Å²) < 4.78 is 27.1. The minimum atomic E-state index is -3.51. The molecule has 0 bridgehead atoms. The summed E-state index contributed by atoms with van der Waals surface area (Å²) in [6, 6.07) is 8.55. The monoisotopic (exact) mass is 379 g/mol. The molecular formula is C17H21N3O3S2. The number of thiophene rings is 1. The molecule has 2 aromatic rings. The zero-order valence-corrected chi connectivity index (χ0v) is 15.9. The Balaban J connectivity index is 1.71. The molecule has 2 N–H and O–H groups in total. The Bertz CT molecular complexity index is 898. The Morgan fingerprint density at radius 2 is 1.80 bits per heavy atom. The highest BCUT2D eigenvalue weighted by molar-refractivity contribution is 7.89. The number of hydrogen-bond acceptors (Lipinski definition) is 5. The predicted molar refractivity (Wildman–Crippen MR) is 99.3 cm³/mol. The first-order valence-electron chi connectivity index (χ1n) is 8.01. The van der Waals surface area contributed by atoms with Gasteiger partial charge in [-0.05, 0) is 38.1 Å². The number of piperazine rings is 1. The number of sulfonamides is 1. The van der Waals surface area contributed by atoms with Gasteiger partial charge in [0.15, 0.2) is 0 Å². The lowest BCUT2D eigenvalue weighted by atomic mass is 10.1. The van der Waals surface area contributed by atoms with Crippen molar-refractivity contribution in [2.75, 3.05) is 31.9 Å².